The number of aliphatic imine (C=N–C) groups is 1. The maximum Gasteiger partial charge on any atom is 0.143 e. The van der Waals surface area contributed by atoms with Gasteiger partial charge in [0.15, 0.2) is 0 Å². The largest absolute Gasteiger partial charge is 0.495 e. The lowest BCUT2D eigenvalue weighted by atomic mass is 10.0. The lowest BCUT2D eigenvalue weighted by Crippen LogP contribution is -2.31. The molecule has 7 heteroatoms. The van der Waals surface area contributed by atoms with Crippen molar-refractivity contribution in [3.63, 3.8) is 0 Å². The number of rotatable bonds is 8. The van der Waals surface area contributed by atoms with E-state index in [9.17, 15) is 4.39 Å². The van der Waals surface area contributed by atoms with E-state index in [1.54, 1.807) is 25.6 Å². The van der Waals surface area contributed by atoms with E-state index in [-0.39, 0.29) is 11.9 Å². The number of ether oxygens (including phenoxy) is 1. The second-order valence-corrected chi connectivity index (χ2v) is 8.62. The van der Waals surface area contributed by atoms with E-state index in [2.05, 4.69) is 46.8 Å². The minimum Gasteiger partial charge on any atom is -0.495 e. The average Bonchev–Trinajstić information content (AvgIpc) is 3.27. The van der Waals surface area contributed by atoms with Crippen molar-refractivity contribution in [1.29, 1.82) is 0 Å². The van der Waals surface area contributed by atoms with Crippen LogP contribution in [0.4, 0.5) is 10.1 Å². The molecule has 1 atom stereocenters. The van der Waals surface area contributed by atoms with Gasteiger partial charge in [0, 0.05) is 31.0 Å². The molecule has 0 aliphatic carbocycles. The number of nitrogens with zero attached hydrogens (tertiary/aromatic N) is 3. The lowest BCUT2D eigenvalue weighted by molar-refractivity contribution is 0.413. The normalized spacial score (nSPS) is 15.6. The molecule has 6 nitrogen and oxygen atoms in total. The SMILES string of the molecule is COc1cc(/C=C2\CCCN=C2NCCC(C)Nc2ccc(F)cc2)ccc1-n1cnc(C)c1. The number of hydrogen-bond donors (Lipinski definition) is 2. The van der Waals surface area contributed by atoms with Gasteiger partial charge in [-0.2, -0.15) is 0 Å². The second kappa shape index (κ2) is 11.0. The maximum absolute atomic E-state index is 13.1. The van der Waals surface area contributed by atoms with Gasteiger partial charge in [-0.25, -0.2) is 9.37 Å². The van der Waals surface area contributed by atoms with Gasteiger partial charge in [0.25, 0.3) is 0 Å². The molecule has 1 aliphatic heterocycles. The quantitative estimate of drug-likeness (QED) is 0.473. The van der Waals surface area contributed by atoms with Gasteiger partial charge in [-0.1, -0.05) is 6.07 Å². The molecule has 3 aromatic rings. The number of aryl methyl sites for hydroxylation is 1. The van der Waals surface area contributed by atoms with Crippen molar-refractivity contribution >= 4 is 17.6 Å². The molecule has 2 heterocycles. The van der Waals surface area contributed by atoms with Gasteiger partial charge in [0.1, 0.15) is 17.4 Å². The van der Waals surface area contributed by atoms with Gasteiger partial charge < -0.3 is 19.9 Å². The van der Waals surface area contributed by atoms with E-state index >= 15 is 0 Å². The van der Waals surface area contributed by atoms with Crippen LogP contribution in [0.3, 0.4) is 0 Å². The Labute approximate surface area is 200 Å². The topological polar surface area (TPSA) is 63.5 Å². The standard InChI is InChI=1S/C27H32FN5O/c1-19(32-24-9-7-23(28)8-10-24)12-14-30-27-22(5-4-13-29-27)15-21-6-11-25(26(16-21)34-3)33-17-20(2)31-18-33/h6-11,15-19,32H,4-5,12-14H2,1-3H3,(H,29,30)/b22-15+. The van der Waals surface area contributed by atoms with Crippen LogP contribution >= 0.6 is 0 Å². The van der Waals surface area contributed by atoms with Crippen LogP contribution in [0.5, 0.6) is 5.75 Å². The van der Waals surface area contributed by atoms with Crippen LogP contribution in [0.1, 0.15) is 37.4 Å². The summed E-state index contributed by atoms with van der Waals surface area (Å²) in [7, 11) is 1.69. The smallest absolute Gasteiger partial charge is 0.143 e. The van der Waals surface area contributed by atoms with Gasteiger partial charge in [-0.05, 0) is 86.7 Å². The minimum absolute atomic E-state index is 0.224. The highest BCUT2D eigenvalue weighted by atomic mass is 19.1. The number of aromatic nitrogens is 2. The predicted molar refractivity (Wildman–Crippen MR) is 136 cm³/mol. The third-order valence-electron chi connectivity index (χ3n) is 5.84. The number of amidine groups is 1. The predicted octanol–water partition coefficient (Wildman–Crippen LogP) is 5.38. The molecule has 0 bridgehead atoms. The van der Waals surface area contributed by atoms with Crippen molar-refractivity contribution in [3.05, 3.63) is 77.6 Å². The van der Waals surface area contributed by atoms with Crippen LogP contribution in [0, 0.1) is 12.7 Å². The van der Waals surface area contributed by atoms with Crippen LogP contribution in [-0.2, 0) is 0 Å². The first-order valence-electron chi connectivity index (χ1n) is 11.7. The Bertz CT molecular complexity index is 1170. The van der Waals surface area contributed by atoms with Gasteiger partial charge in [-0.3, -0.25) is 4.99 Å². The van der Waals surface area contributed by atoms with E-state index < -0.39 is 0 Å². The number of anilines is 1. The highest BCUT2D eigenvalue weighted by Crippen LogP contribution is 2.27. The fraction of sp³-hybridized carbons (Fsp3) is 0.333. The third-order valence-corrected chi connectivity index (χ3v) is 5.84. The zero-order chi connectivity index (χ0) is 23.9. The van der Waals surface area contributed by atoms with Crippen LogP contribution in [0.2, 0.25) is 0 Å². The number of methoxy groups -OCH3 is 1. The molecule has 1 aliphatic rings. The summed E-state index contributed by atoms with van der Waals surface area (Å²) in [5.41, 5.74) is 5.13. The Kier molecular flexibility index (Phi) is 7.62. The van der Waals surface area contributed by atoms with Crippen molar-refractivity contribution < 1.29 is 9.13 Å². The summed E-state index contributed by atoms with van der Waals surface area (Å²) in [4.78, 5) is 9.05. The molecule has 0 fully saturated rings. The Balaban J connectivity index is 1.40. The van der Waals surface area contributed by atoms with Crippen LogP contribution in [-0.4, -0.2) is 41.6 Å². The van der Waals surface area contributed by atoms with Gasteiger partial charge >= 0.3 is 0 Å². The van der Waals surface area contributed by atoms with E-state index in [0.29, 0.717) is 0 Å². The highest BCUT2D eigenvalue weighted by Gasteiger charge is 2.14. The summed E-state index contributed by atoms with van der Waals surface area (Å²) in [5.74, 6) is 1.54. The Morgan fingerprint density at radius 2 is 2.03 bits per heavy atom. The molecule has 0 saturated carbocycles. The highest BCUT2D eigenvalue weighted by molar-refractivity contribution is 6.02. The summed E-state index contributed by atoms with van der Waals surface area (Å²) in [6.07, 6.45) is 8.92. The van der Waals surface area contributed by atoms with Gasteiger partial charge in [-0.15, -0.1) is 0 Å². The van der Waals surface area contributed by atoms with Crippen molar-refractivity contribution in [2.24, 2.45) is 4.99 Å². The summed E-state index contributed by atoms with van der Waals surface area (Å²) >= 11 is 0. The Morgan fingerprint density at radius 1 is 1.21 bits per heavy atom. The fourth-order valence-corrected chi connectivity index (χ4v) is 4.05. The first-order chi connectivity index (χ1) is 16.5. The molecule has 1 aromatic heterocycles. The van der Waals surface area contributed by atoms with Crippen molar-refractivity contribution in [2.75, 3.05) is 25.5 Å². The van der Waals surface area contributed by atoms with Crippen molar-refractivity contribution in [1.82, 2.24) is 14.9 Å². The molecule has 2 N–H and O–H groups in total. The zero-order valence-corrected chi connectivity index (χ0v) is 20.0. The minimum atomic E-state index is -0.224. The zero-order valence-electron chi connectivity index (χ0n) is 20.0. The molecule has 34 heavy (non-hydrogen) atoms. The Morgan fingerprint density at radius 3 is 2.76 bits per heavy atom. The van der Waals surface area contributed by atoms with Crippen LogP contribution in [0.15, 0.2) is 65.6 Å². The molecule has 178 valence electrons. The molecule has 1 unspecified atom stereocenters. The lowest BCUT2D eigenvalue weighted by Gasteiger charge is -2.20. The Hall–Kier alpha value is -3.61. The van der Waals surface area contributed by atoms with Crippen molar-refractivity contribution in [2.45, 2.75) is 39.2 Å². The number of nitrogens with one attached hydrogen (secondary N) is 2. The molecule has 0 spiro atoms. The molecule has 4 rings (SSSR count). The van der Waals surface area contributed by atoms with E-state index in [1.807, 2.05) is 17.7 Å². The molecule has 0 saturated heterocycles. The van der Waals surface area contributed by atoms with Crippen LogP contribution in [0.25, 0.3) is 11.8 Å². The molecular formula is C27H32FN5O. The monoisotopic (exact) mass is 461 g/mol. The fourth-order valence-electron chi connectivity index (χ4n) is 4.05. The second-order valence-electron chi connectivity index (χ2n) is 8.62. The van der Waals surface area contributed by atoms with Gasteiger partial charge in [0.2, 0.25) is 0 Å². The molecule has 0 radical (unpaired) electrons. The number of halogens is 1. The van der Waals surface area contributed by atoms with Crippen LogP contribution < -0.4 is 15.4 Å². The third kappa shape index (κ3) is 6.04. The van der Waals surface area contributed by atoms with E-state index in [1.165, 1.54) is 17.7 Å². The number of hydrogen-bond acceptors (Lipinski definition) is 5. The maximum atomic E-state index is 13.1. The number of imidazole rings is 1. The first-order valence-corrected chi connectivity index (χ1v) is 11.7. The van der Waals surface area contributed by atoms with E-state index in [4.69, 9.17) is 9.73 Å². The molecular weight excluding hydrogens is 429 g/mol. The summed E-state index contributed by atoms with van der Waals surface area (Å²) < 4.78 is 20.7. The summed E-state index contributed by atoms with van der Waals surface area (Å²) in [5, 5.41) is 6.93. The summed E-state index contributed by atoms with van der Waals surface area (Å²) in [6.45, 7) is 5.73. The van der Waals surface area contributed by atoms with Gasteiger partial charge in [0.05, 0.1) is 24.8 Å². The van der Waals surface area contributed by atoms with E-state index in [0.717, 1.165) is 66.6 Å². The summed E-state index contributed by atoms with van der Waals surface area (Å²) in [6, 6.07) is 12.9. The number of benzene rings is 2. The molecule has 0 amide bonds. The van der Waals surface area contributed by atoms with Crippen molar-refractivity contribution in [3.8, 4) is 11.4 Å². The first kappa shape index (κ1) is 23.5. The molecule has 2 aromatic carbocycles. The average molecular weight is 462 g/mol.